The molecule has 0 radical (unpaired) electrons. The third-order valence-corrected chi connectivity index (χ3v) is 3.09. The van der Waals surface area contributed by atoms with E-state index >= 15 is 0 Å². The lowest BCUT2D eigenvalue weighted by atomic mass is 10.0. The van der Waals surface area contributed by atoms with Gasteiger partial charge in [0.25, 0.3) is 0 Å². The van der Waals surface area contributed by atoms with Crippen molar-refractivity contribution in [1.29, 1.82) is 0 Å². The van der Waals surface area contributed by atoms with E-state index in [1.807, 2.05) is 12.1 Å². The van der Waals surface area contributed by atoms with E-state index in [0.717, 1.165) is 18.8 Å². The zero-order valence-corrected chi connectivity index (χ0v) is 11.0. The van der Waals surface area contributed by atoms with Crippen molar-refractivity contribution in [2.24, 2.45) is 5.73 Å². The van der Waals surface area contributed by atoms with Gasteiger partial charge in [-0.3, -0.25) is 4.90 Å². The standard InChI is InChI=1S/C15H20N2O/c1-12-8-13(9-16)5-6-14(12)10-17(2)11-15-4-3-7-18-15/h3-8H,9-11,16H2,1-2H3. The summed E-state index contributed by atoms with van der Waals surface area (Å²) >= 11 is 0. The molecule has 96 valence electrons. The van der Waals surface area contributed by atoms with Crippen molar-refractivity contribution in [3.05, 3.63) is 59.0 Å². The molecule has 0 atom stereocenters. The van der Waals surface area contributed by atoms with Crippen LogP contribution in [-0.4, -0.2) is 11.9 Å². The number of rotatable bonds is 5. The van der Waals surface area contributed by atoms with Gasteiger partial charge in [0.2, 0.25) is 0 Å². The fourth-order valence-electron chi connectivity index (χ4n) is 2.08. The van der Waals surface area contributed by atoms with Gasteiger partial charge in [-0.05, 0) is 42.8 Å². The zero-order chi connectivity index (χ0) is 13.0. The molecule has 1 heterocycles. The lowest BCUT2D eigenvalue weighted by Crippen LogP contribution is -2.17. The van der Waals surface area contributed by atoms with Crippen LogP contribution in [-0.2, 0) is 19.6 Å². The molecular weight excluding hydrogens is 224 g/mol. The number of nitrogens with two attached hydrogens (primary N) is 1. The Bertz CT molecular complexity index is 491. The second-order valence-electron chi connectivity index (χ2n) is 4.72. The van der Waals surface area contributed by atoms with Crippen LogP contribution in [0.2, 0.25) is 0 Å². The maximum Gasteiger partial charge on any atom is 0.117 e. The van der Waals surface area contributed by atoms with Crippen LogP contribution in [0.5, 0.6) is 0 Å². The number of nitrogens with zero attached hydrogens (tertiary/aromatic N) is 1. The molecule has 0 amide bonds. The lowest BCUT2D eigenvalue weighted by molar-refractivity contribution is 0.287. The molecule has 0 aliphatic rings. The number of hydrogen-bond acceptors (Lipinski definition) is 3. The molecule has 1 aromatic carbocycles. The van der Waals surface area contributed by atoms with E-state index in [9.17, 15) is 0 Å². The Hall–Kier alpha value is -1.58. The first kappa shape index (κ1) is 12.9. The van der Waals surface area contributed by atoms with Gasteiger partial charge in [-0.15, -0.1) is 0 Å². The summed E-state index contributed by atoms with van der Waals surface area (Å²) in [5.74, 6) is 0.994. The Labute approximate surface area is 108 Å². The Kier molecular flexibility index (Phi) is 4.18. The third kappa shape index (κ3) is 3.22. The van der Waals surface area contributed by atoms with Crippen molar-refractivity contribution in [3.8, 4) is 0 Å². The molecular formula is C15H20N2O. The predicted octanol–water partition coefficient (Wildman–Crippen LogP) is 2.68. The molecule has 1 aromatic heterocycles. The van der Waals surface area contributed by atoms with Crippen molar-refractivity contribution in [2.75, 3.05) is 7.05 Å². The van der Waals surface area contributed by atoms with Crippen molar-refractivity contribution >= 4 is 0 Å². The first-order valence-corrected chi connectivity index (χ1v) is 6.18. The molecule has 0 saturated heterocycles. The van der Waals surface area contributed by atoms with Gasteiger partial charge in [-0.2, -0.15) is 0 Å². The van der Waals surface area contributed by atoms with Crippen molar-refractivity contribution in [1.82, 2.24) is 4.90 Å². The summed E-state index contributed by atoms with van der Waals surface area (Å²) in [7, 11) is 2.10. The number of benzene rings is 1. The summed E-state index contributed by atoms with van der Waals surface area (Å²) < 4.78 is 5.35. The molecule has 2 aromatic rings. The Morgan fingerprint density at radius 1 is 1.22 bits per heavy atom. The van der Waals surface area contributed by atoms with Gasteiger partial charge < -0.3 is 10.2 Å². The molecule has 0 aliphatic heterocycles. The van der Waals surface area contributed by atoms with Gasteiger partial charge in [0.15, 0.2) is 0 Å². The van der Waals surface area contributed by atoms with Crippen molar-refractivity contribution in [3.63, 3.8) is 0 Å². The minimum absolute atomic E-state index is 0.601. The summed E-state index contributed by atoms with van der Waals surface area (Å²) in [5, 5.41) is 0. The highest BCUT2D eigenvalue weighted by Crippen LogP contribution is 2.14. The van der Waals surface area contributed by atoms with E-state index in [2.05, 4.69) is 37.1 Å². The summed E-state index contributed by atoms with van der Waals surface area (Å²) in [6.45, 7) is 4.47. The van der Waals surface area contributed by atoms with E-state index in [-0.39, 0.29) is 0 Å². The van der Waals surface area contributed by atoms with Crippen LogP contribution in [0.15, 0.2) is 41.0 Å². The molecule has 0 spiro atoms. The quantitative estimate of drug-likeness (QED) is 0.879. The van der Waals surface area contributed by atoms with Gasteiger partial charge in [-0.1, -0.05) is 18.2 Å². The largest absolute Gasteiger partial charge is 0.468 e. The first-order chi connectivity index (χ1) is 8.69. The Balaban J connectivity index is 2.00. The molecule has 18 heavy (non-hydrogen) atoms. The molecule has 3 nitrogen and oxygen atoms in total. The van der Waals surface area contributed by atoms with Crippen molar-refractivity contribution in [2.45, 2.75) is 26.6 Å². The van der Waals surface area contributed by atoms with Gasteiger partial charge >= 0.3 is 0 Å². The predicted molar refractivity (Wildman–Crippen MR) is 72.9 cm³/mol. The minimum Gasteiger partial charge on any atom is -0.468 e. The summed E-state index contributed by atoms with van der Waals surface area (Å²) in [5.41, 5.74) is 9.45. The maximum atomic E-state index is 5.64. The van der Waals surface area contributed by atoms with E-state index in [4.69, 9.17) is 10.2 Å². The van der Waals surface area contributed by atoms with Gasteiger partial charge in [0, 0.05) is 13.1 Å². The van der Waals surface area contributed by atoms with E-state index in [1.165, 1.54) is 16.7 Å². The van der Waals surface area contributed by atoms with Crippen LogP contribution < -0.4 is 5.73 Å². The number of aryl methyl sites for hydroxylation is 1. The highest BCUT2D eigenvalue weighted by atomic mass is 16.3. The van der Waals surface area contributed by atoms with E-state index < -0.39 is 0 Å². The maximum absolute atomic E-state index is 5.64. The minimum atomic E-state index is 0.601. The number of hydrogen-bond donors (Lipinski definition) is 1. The van der Waals surface area contributed by atoms with Crippen LogP contribution in [0, 0.1) is 6.92 Å². The zero-order valence-electron chi connectivity index (χ0n) is 11.0. The van der Waals surface area contributed by atoms with Crippen LogP contribution in [0.3, 0.4) is 0 Å². The molecule has 2 rings (SSSR count). The van der Waals surface area contributed by atoms with Crippen molar-refractivity contribution < 1.29 is 4.42 Å². The van der Waals surface area contributed by atoms with Crippen LogP contribution >= 0.6 is 0 Å². The van der Waals surface area contributed by atoms with Crippen LogP contribution in [0.25, 0.3) is 0 Å². The molecule has 0 aliphatic carbocycles. The van der Waals surface area contributed by atoms with Gasteiger partial charge in [0.1, 0.15) is 5.76 Å². The Morgan fingerprint density at radius 2 is 2.06 bits per heavy atom. The third-order valence-electron chi connectivity index (χ3n) is 3.09. The molecule has 0 fully saturated rings. The average Bonchev–Trinajstić information content (AvgIpc) is 2.84. The Morgan fingerprint density at radius 3 is 2.67 bits per heavy atom. The number of furan rings is 1. The fraction of sp³-hybridized carbons (Fsp3) is 0.333. The molecule has 0 bridgehead atoms. The summed E-state index contributed by atoms with van der Waals surface area (Å²) in [6, 6.07) is 10.3. The topological polar surface area (TPSA) is 42.4 Å². The SMILES string of the molecule is Cc1cc(CN)ccc1CN(C)Cc1ccco1. The van der Waals surface area contributed by atoms with Gasteiger partial charge in [0.05, 0.1) is 12.8 Å². The lowest BCUT2D eigenvalue weighted by Gasteiger charge is -2.17. The normalized spacial score (nSPS) is 11.1. The van der Waals surface area contributed by atoms with Crippen LogP contribution in [0.4, 0.5) is 0 Å². The molecule has 0 saturated carbocycles. The molecule has 0 unspecified atom stereocenters. The summed E-state index contributed by atoms with van der Waals surface area (Å²) in [4.78, 5) is 2.24. The second-order valence-corrected chi connectivity index (χ2v) is 4.72. The highest BCUT2D eigenvalue weighted by Gasteiger charge is 2.06. The first-order valence-electron chi connectivity index (χ1n) is 6.18. The fourth-order valence-corrected chi connectivity index (χ4v) is 2.08. The van der Waals surface area contributed by atoms with Gasteiger partial charge in [-0.25, -0.2) is 0 Å². The second kappa shape index (κ2) is 5.85. The van der Waals surface area contributed by atoms with E-state index in [0.29, 0.717) is 6.54 Å². The molecule has 3 heteroatoms. The molecule has 2 N–H and O–H groups in total. The van der Waals surface area contributed by atoms with Crippen LogP contribution in [0.1, 0.15) is 22.5 Å². The monoisotopic (exact) mass is 244 g/mol. The average molecular weight is 244 g/mol. The summed E-state index contributed by atoms with van der Waals surface area (Å²) in [6.07, 6.45) is 1.71. The smallest absolute Gasteiger partial charge is 0.117 e. The van der Waals surface area contributed by atoms with E-state index in [1.54, 1.807) is 6.26 Å². The highest BCUT2D eigenvalue weighted by molar-refractivity contribution is 5.31.